The van der Waals surface area contributed by atoms with Crippen molar-refractivity contribution >= 4 is 17.7 Å². The van der Waals surface area contributed by atoms with Gasteiger partial charge in [0.15, 0.2) is 0 Å². The summed E-state index contributed by atoms with van der Waals surface area (Å²) >= 11 is 1.65. The number of hydrogen-bond donors (Lipinski definition) is 2. The van der Waals surface area contributed by atoms with Crippen molar-refractivity contribution in [2.75, 3.05) is 11.5 Å². The van der Waals surface area contributed by atoms with Gasteiger partial charge in [0.05, 0.1) is 0 Å². The lowest BCUT2D eigenvalue weighted by atomic mass is 10.1. The van der Waals surface area contributed by atoms with E-state index in [2.05, 4.69) is 0 Å². The number of carboxylic acids is 1. The summed E-state index contributed by atoms with van der Waals surface area (Å²) in [6.07, 6.45) is 1.23. The summed E-state index contributed by atoms with van der Waals surface area (Å²) in [6.45, 7) is 5.72. The molecule has 0 aromatic rings. The first kappa shape index (κ1) is 12.5. The molecule has 13 heavy (non-hydrogen) atoms. The number of carbonyl (C=O) groups is 1. The van der Waals surface area contributed by atoms with Crippen molar-refractivity contribution in [3.63, 3.8) is 0 Å². The van der Waals surface area contributed by atoms with E-state index in [0.29, 0.717) is 0 Å². The Morgan fingerprint density at radius 3 is 2.54 bits per heavy atom. The zero-order valence-corrected chi connectivity index (χ0v) is 9.15. The van der Waals surface area contributed by atoms with Gasteiger partial charge in [-0.25, -0.2) is 4.79 Å². The van der Waals surface area contributed by atoms with E-state index >= 15 is 0 Å². The van der Waals surface area contributed by atoms with E-state index in [9.17, 15) is 4.79 Å². The van der Waals surface area contributed by atoms with Crippen LogP contribution < -0.4 is 5.73 Å². The Hall–Kier alpha value is -0.480. The van der Waals surface area contributed by atoms with Crippen molar-refractivity contribution in [1.82, 2.24) is 0 Å². The summed E-state index contributed by atoms with van der Waals surface area (Å²) in [5.74, 6) is 0.676. The van der Waals surface area contributed by atoms with Crippen molar-refractivity contribution in [1.29, 1.82) is 0 Å². The highest BCUT2D eigenvalue weighted by atomic mass is 32.2. The fraction of sp³-hybridized carbons (Fsp3) is 0.667. The second kappa shape index (κ2) is 5.29. The van der Waals surface area contributed by atoms with E-state index in [4.69, 9.17) is 10.8 Å². The van der Waals surface area contributed by atoms with Crippen molar-refractivity contribution in [3.8, 4) is 0 Å². The monoisotopic (exact) mass is 203 g/mol. The van der Waals surface area contributed by atoms with Crippen LogP contribution in [0.5, 0.6) is 0 Å². The van der Waals surface area contributed by atoms with Gasteiger partial charge in [-0.1, -0.05) is 5.57 Å². The predicted molar refractivity (Wildman–Crippen MR) is 57.0 cm³/mol. The molecule has 4 heteroatoms. The van der Waals surface area contributed by atoms with Crippen LogP contribution in [0.4, 0.5) is 0 Å². The van der Waals surface area contributed by atoms with Gasteiger partial charge in [-0.2, -0.15) is 11.8 Å². The maximum atomic E-state index is 10.3. The molecule has 0 amide bonds. The second-order valence-corrected chi connectivity index (χ2v) is 4.80. The van der Waals surface area contributed by atoms with Crippen LogP contribution in [0.3, 0.4) is 0 Å². The van der Waals surface area contributed by atoms with E-state index in [1.54, 1.807) is 11.8 Å². The number of thioether (sulfide) groups is 1. The quantitative estimate of drug-likeness (QED) is 0.664. The van der Waals surface area contributed by atoms with Gasteiger partial charge in [-0.15, -0.1) is 0 Å². The zero-order chi connectivity index (χ0) is 10.5. The summed E-state index contributed by atoms with van der Waals surface area (Å²) < 4.78 is 0. The van der Waals surface area contributed by atoms with Crippen molar-refractivity contribution in [2.24, 2.45) is 5.73 Å². The van der Waals surface area contributed by atoms with Crippen LogP contribution in [0, 0.1) is 0 Å². The fourth-order valence-corrected chi connectivity index (χ4v) is 1.76. The summed E-state index contributed by atoms with van der Waals surface area (Å²) in [5.41, 5.74) is 6.44. The largest absolute Gasteiger partial charge is 0.478 e. The van der Waals surface area contributed by atoms with Gasteiger partial charge in [0.2, 0.25) is 0 Å². The Morgan fingerprint density at radius 2 is 2.15 bits per heavy atom. The molecule has 76 valence electrons. The molecule has 0 unspecified atom stereocenters. The minimum atomic E-state index is -0.884. The number of nitrogens with two attached hydrogens (primary N) is 1. The highest BCUT2D eigenvalue weighted by molar-refractivity contribution is 7.99. The summed E-state index contributed by atoms with van der Waals surface area (Å²) in [6, 6.07) is 0. The van der Waals surface area contributed by atoms with Gasteiger partial charge in [-0.05, 0) is 20.8 Å². The lowest BCUT2D eigenvalue weighted by Crippen LogP contribution is -2.34. The molecule has 0 bridgehead atoms. The Morgan fingerprint density at radius 1 is 1.62 bits per heavy atom. The minimum Gasteiger partial charge on any atom is -0.478 e. The molecule has 0 fully saturated rings. The van der Waals surface area contributed by atoms with Crippen molar-refractivity contribution in [3.05, 3.63) is 11.6 Å². The molecule has 0 saturated heterocycles. The van der Waals surface area contributed by atoms with Crippen LogP contribution in [0.15, 0.2) is 11.6 Å². The molecule has 0 aliphatic carbocycles. The van der Waals surface area contributed by atoms with E-state index in [1.807, 2.05) is 20.8 Å². The molecule has 3 nitrogen and oxygen atoms in total. The van der Waals surface area contributed by atoms with Crippen LogP contribution in [-0.2, 0) is 4.79 Å². The third-order valence-electron chi connectivity index (χ3n) is 1.17. The van der Waals surface area contributed by atoms with E-state index in [-0.39, 0.29) is 5.54 Å². The number of carboxylic acid groups (broad SMARTS) is 1. The Bertz CT molecular complexity index is 206. The Balaban J connectivity index is 3.72. The van der Waals surface area contributed by atoms with Gasteiger partial charge in [0.25, 0.3) is 0 Å². The first-order valence-electron chi connectivity index (χ1n) is 4.08. The molecular weight excluding hydrogens is 186 g/mol. The van der Waals surface area contributed by atoms with E-state index < -0.39 is 5.97 Å². The molecule has 0 heterocycles. The molecular formula is C9H17NO2S. The van der Waals surface area contributed by atoms with E-state index in [1.165, 1.54) is 6.08 Å². The number of rotatable bonds is 5. The summed E-state index contributed by atoms with van der Waals surface area (Å²) in [7, 11) is 0. The fourth-order valence-electron chi connectivity index (χ4n) is 0.728. The van der Waals surface area contributed by atoms with Crippen LogP contribution in [0.25, 0.3) is 0 Å². The van der Waals surface area contributed by atoms with E-state index in [0.717, 1.165) is 17.1 Å². The van der Waals surface area contributed by atoms with Gasteiger partial charge in [0, 0.05) is 23.1 Å². The molecule has 0 aliphatic rings. The minimum absolute atomic E-state index is 0.186. The molecule has 0 radical (unpaired) electrons. The average Bonchev–Trinajstić information content (AvgIpc) is 1.81. The number of hydrogen-bond acceptors (Lipinski definition) is 3. The number of aliphatic carboxylic acids is 1. The van der Waals surface area contributed by atoms with Crippen LogP contribution in [0.2, 0.25) is 0 Å². The topological polar surface area (TPSA) is 63.3 Å². The molecule has 0 aromatic carbocycles. The Labute approximate surface area is 83.4 Å². The van der Waals surface area contributed by atoms with Gasteiger partial charge < -0.3 is 10.8 Å². The van der Waals surface area contributed by atoms with Crippen LogP contribution in [0.1, 0.15) is 20.8 Å². The smallest absolute Gasteiger partial charge is 0.328 e. The van der Waals surface area contributed by atoms with Crippen molar-refractivity contribution < 1.29 is 9.90 Å². The maximum absolute atomic E-state index is 10.3. The normalized spacial score (nSPS) is 13.1. The standard InChI is InChI=1S/C9H17NO2S/c1-7(4-8(11)12)5-13-6-9(2,3)10/h4H,5-6,10H2,1-3H3,(H,11,12). The third kappa shape index (κ3) is 9.43. The summed E-state index contributed by atoms with van der Waals surface area (Å²) in [4.78, 5) is 10.3. The highest BCUT2D eigenvalue weighted by Crippen LogP contribution is 2.12. The van der Waals surface area contributed by atoms with Crippen LogP contribution in [-0.4, -0.2) is 28.1 Å². The molecule has 0 aliphatic heterocycles. The lowest BCUT2D eigenvalue weighted by molar-refractivity contribution is -0.131. The van der Waals surface area contributed by atoms with Crippen molar-refractivity contribution in [2.45, 2.75) is 26.3 Å². The third-order valence-corrected chi connectivity index (χ3v) is 2.78. The predicted octanol–water partition coefficient (Wildman–Crippen LogP) is 1.49. The lowest BCUT2D eigenvalue weighted by Gasteiger charge is -2.17. The highest BCUT2D eigenvalue weighted by Gasteiger charge is 2.09. The molecule has 3 N–H and O–H groups in total. The maximum Gasteiger partial charge on any atom is 0.328 e. The molecule has 0 rings (SSSR count). The average molecular weight is 203 g/mol. The molecule has 0 aromatic heterocycles. The molecule has 0 atom stereocenters. The molecule has 0 spiro atoms. The SMILES string of the molecule is CC(=CC(=O)O)CSCC(C)(C)N. The summed E-state index contributed by atoms with van der Waals surface area (Å²) in [5, 5.41) is 8.43. The molecule has 0 saturated carbocycles. The van der Waals surface area contributed by atoms with Crippen LogP contribution >= 0.6 is 11.8 Å². The van der Waals surface area contributed by atoms with Gasteiger partial charge in [0.1, 0.15) is 0 Å². The first-order valence-corrected chi connectivity index (χ1v) is 5.23. The van der Waals surface area contributed by atoms with Gasteiger partial charge in [-0.3, -0.25) is 0 Å². The Kier molecular flexibility index (Phi) is 5.10. The first-order chi connectivity index (χ1) is 5.81. The van der Waals surface area contributed by atoms with Gasteiger partial charge >= 0.3 is 5.97 Å². The zero-order valence-electron chi connectivity index (χ0n) is 8.33. The second-order valence-electron chi connectivity index (χ2n) is 3.81.